The highest BCUT2D eigenvalue weighted by molar-refractivity contribution is 6.31. The zero-order chi connectivity index (χ0) is 19.9. The van der Waals surface area contributed by atoms with Gasteiger partial charge >= 0.3 is 0 Å². The third kappa shape index (κ3) is 5.18. The number of carbonyl (C=O) groups is 2. The van der Waals surface area contributed by atoms with E-state index in [9.17, 15) is 14.0 Å². The van der Waals surface area contributed by atoms with Gasteiger partial charge in [-0.05, 0) is 53.6 Å². The molecule has 0 saturated carbocycles. The lowest BCUT2D eigenvalue weighted by Crippen LogP contribution is -2.24. The third-order valence-corrected chi connectivity index (χ3v) is 4.54. The molecule has 6 heteroatoms. The van der Waals surface area contributed by atoms with Crippen LogP contribution in [-0.4, -0.2) is 11.8 Å². The molecule has 0 unspecified atom stereocenters. The second-order valence-electron chi connectivity index (χ2n) is 6.16. The summed E-state index contributed by atoms with van der Waals surface area (Å²) in [6.07, 6.45) is 0. The fourth-order valence-electron chi connectivity index (χ4n) is 2.58. The maximum absolute atomic E-state index is 12.9. The molecule has 0 heterocycles. The Bertz CT molecular complexity index is 973. The van der Waals surface area contributed by atoms with Gasteiger partial charge in [0.05, 0.1) is 0 Å². The van der Waals surface area contributed by atoms with Crippen molar-refractivity contribution < 1.29 is 14.0 Å². The van der Waals surface area contributed by atoms with Crippen LogP contribution in [0.5, 0.6) is 0 Å². The van der Waals surface area contributed by atoms with Crippen molar-refractivity contribution in [3.05, 3.63) is 106 Å². The molecule has 0 fully saturated rings. The summed E-state index contributed by atoms with van der Waals surface area (Å²) < 4.78 is 12.9. The number of hydrogen-bond donors (Lipinski definition) is 2. The van der Waals surface area contributed by atoms with Gasteiger partial charge in [0.15, 0.2) is 0 Å². The lowest BCUT2D eigenvalue weighted by molar-refractivity contribution is 0.0939. The average Bonchev–Trinajstić information content (AvgIpc) is 2.72. The number of rotatable bonds is 6. The van der Waals surface area contributed by atoms with Crippen LogP contribution in [0.15, 0.2) is 72.8 Å². The Morgan fingerprint density at radius 1 is 0.750 bits per heavy atom. The first-order valence-corrected chi connectivity index (χ1v) is 9.05. The zero-order valence-corrected chi connectivity index (χ0v) is 15.7. The molecular weight excluding hydrogens is 379 g/mol. The van der Waals surface area contributed by atoms with Crippen LogP contribution in [0.3, 0.4) is 0 Å². The van der Waals surface area contributed by atoms with E-state index in [0.29, 0.717) is 29.2 Å². The first-order chi connectivity index (χ1) is 13.5. The van der Waals surface area contributed by atoms with E-state index in [2.05, 4.69) is 10.6 Å². The normalized spacial score (nSPS) is 10.4. The number of benzene rings is 3. The van der Waals surface area contributed by atoms with Crippen molar-refractivity contribution in [1.29, 1.82) is 0 Å². The molecule has 3 aromatic rings. The summed E-state index contributed by atoms with van der Waals surface area (Å²) in [7, 11) is 0. The van der Waals surface area contributed by atoms with Crippen molar-refractivity contribution in [1.82, 2.24) is 10.6 Å². The number of halogens is 2. The van der Waals surface area contributed by atoms with Crippen molar-refractivity contribution in [2.45, 2.75) is 13.1 Å². The van der Waals surface area contributed by atoms with Gasteiger partial charge in [-0.2, -0.15) is 0 Å². The molecule has 0 bridgehead atoms. The highest BCUT2D eigenvalue weighted by Gasteiger charge is 2.09. The molecule has 0 aromatic heterocycles. The van der Waals surface area contributed by atoms with E-state index in [4.69, 9.17) is 11.6 Å². The van der Waals surface area contributed by atoms with Gasteiger partial charge in [-0.1, -0.05) is 41.9 Å². The highest BCUT2D eigenvalue weighted by Crippen LogP contribution is 2.14. The first-order valence-electron chi connectivity index (χ1n) is 8.67. The molecule has 0 saturated heterocycles. The Morgan fingerprint density at radius 2 is 1.29 bits per heavy atom. The Hall–Kier alpha value is -3.18. The van der Waals surface area contributed by atoms with Crippen LogP contribution < -0.4 is 10.6 Å². The van der Waals surface area contributed by atoms with E-state index in [1.165, 1.54) is 12.1 Å². The van der Waals surface area contributed by atoms with Crippen molar-refractivity contribution >= 4 is 23.4 Å². The van der Waals surface area contributed by atoms with Crippen molar-refractivity contribution in [2.24, 2.45) is 0 Å². The minimum absolute atomic E-state index is 0.252. The van der Waals surface area contributed by atoms with Crippen molar-refractivity contribution in [2.75, 3.05) is 0 Å². The number of nitrogens with one attached hydrogen (secondary N) is 2. The largest absolute Gasteiger partial charge is 0.348 e. The molecule has 2 amide bonds. The number of carbonyl (C=O) groups excluding carboxylic acids is 2. The maximum atomic E-state index is 12.9. The van der Waals surface area contributed by atoms with E-state index < -0.39 is 0 Å². The summed E-state index contributed by atoms with van der Waals surface area (Å²) in [6.45, 7) is 0.609. The zero-order valence-electron chi connectivity index (χ0n) is 14.9. The Balaban J connectivity index is 1.54. The molecule has 3 aromatic carbocycles. The fraction of sp³-hybridized carbons (Fsp3) is 0.0909. The Kier molecular flexibility index (Phi) is 6.40. The summed E-state index contributed by atoms with van der Waals surface area (Å²) in [6, 6.07) is 19.6. The molecule has 3 rings (SSSR count). The van der Waals surface area contributed by atoms with E-state index in [1.807, 2.05) is 18.2 Å². The van der Waals surface area contributed by atoms with E-state index in [-0.39, 0.29) is 17.6 Å². The fourth-order valence-corrected chi connectivity index (χ4v) is 2.78. The summed E-state index contributed by atoms with van der Waals surface area (Å²) in [5.74, 6) is -0.844. The van der Waals surface area contributed by atoms with Crippen LogP contribution in [0.25, 0.3) is 0 Å². The molecule has 0 spiro atoms. The van der Waals surface area contributed by atoms with Crippen LogP contribution in [0.1, 0.15) is 31.8 Å². The molecule has 28 heavy (non-hydrogen) atoms. The Morgan fingerprint density at radius 3 is 1.86 bits per heavy atom. The van der Waals surface area contributed by atoms with E-state index in [0.717, 1.165) is 11.1 Å². The average molecular weight is 397 g/mol. The SMILES string of the molecule is O=C(NCc1ccc(F)cc1)c1ccc(C(=O)NCc2ccccc2Cl)cc1. The lowest BCUT2D eigenvalue weighted by Gasteiger charge is -2.08. The van der Waals surface area contributed by atoms with E-state index >= 15 is 0 Å². The maximum Gasteiger partial charge on any atom is 0.251 e. The van der Waals surface area contributed by atoms with Gasteiger partial charge in [0.25, 0.3) is 11.8 Å². The molecular formula is C22H18ClFN2O2. The van der Waals surface area contributed by atoms with Crippen LogP contribution in [0.2, 0.25) is 5.02 Å². The number of hydrogen-bond acceptors (Lipinski definition) is 2. The molecule has 0 aliphatic heterocycles. The van der Waals surface area contributed by atoms with Gasteiger partial charge in [0.1, 0.15) is 5.82 Å². The highest BCUT2D eigenvalue weighted by atomic mass is 35.5. The van der Waals surface area contributed by atoms with Gasteiger partial charge in [0, 0.05) is 29.2 Å². The molecule has 0 aliphatic rings. The van der Waals surface area contributed by atoms with E-state index in [1.54, 1.807) is 42.5 Å². The molecule has 4 nitrogen and oxygen atoms in total. The predicted molar refractivity (Wildman–Crippen MR) is 107 cm³/mol. The molecule has 142 valence electrons. The summed E-state index contributed by atoms with van der Waals surface area (Å²) >= 11 is 6.08. The summed E-state index contributed by atoms with van der Waals surface area (Å²) in [5, 5.41) is 6.15. The molecule has 0 aliphatic carbocycles. The standard InChI is InChI=1S/C22H18ClFN2O2/c23-20-4-2-1-3-18(20)14-26-22(28)17-9-7-16(8-10-17)21(27)25-13-15-5-11-19(24)12-6-15/h1-12H,13-14H2,(H,25,27)(H,26,28). The second-order valence-corrected chi connectivity index (χ2v) is 6.57. The van der Waals surface area contributed by atoms with Crippen LogP contribution in [0.4, 0.5) is 4.39 Å². The van der Waals surface area contributed by atoms with Crippen LogP contribution in [0, 0.1) is 5.82 Å². The number of amides is 2. The van der Waals surface area contributed by atoms with Gasteiger partial charge in [0.2, 0.25) is 0 Å². The smallest absolute Gasteiger partial charge is 0.251 e. The van der Waals surface area contributed by atoms with Crippen molar-refractivity contribution in [3.63, 3.8) is 0 Å². The summed E-state index contributed by atoms with van der Waals surface area (Å²) in [5.41, 5.74) is 2.51. The third-order valence-electron chi connectivity index (χ3n) is 4.17. The Labute approximate surface area is 167 Å². The van der Waals surface area contributed by atoms with Gasteiger partial charge in [-0.3, -0.25) is 9.59 Å². The minimum atomic E-state index is -0.321. The molecule has 0 atom stereocenters. The van der Waals surface area contributed by atoms with Crippen molar-refractivity contribution in [3.8, 4) is 0 Å². The molecule has 2 N–H and O–H groups in total. The lowest BCUT2D eigenvalue weighted by atomic mass is 10.1. The van der Waals surface area contributed by atoms with Gasteiger partial charge in [-0.15, -0.1) is 0 Å². The topological polar surface area (TPSA) is 58.2 Å². The monoisotopic (exact) mass is 396 g/mol. The quantitative estimate of drug-likeness (QED) is 0.651. The predicted octanol–water partition coefficient (Wildman–Crippen LogP) is 4.34. The van der Waals surface area contributed by atoms with Gasteiger partial charge < -0.3 is 10.6 Å². The first kappa shape index (κ1) is 19.6. The summed E-state index contributed by atoms with van der Waals surface area (Å²) in [4.78, 5) is 24.5. The second kappa shape index (κ2) is 9.15. The van der Waals surface area contributed by atoms with Crippen LogP contribution in [-0.2, 0) is 13.1 Å². The van der Waals surface area contributed by atoms with Gasteiger partial charge in [-0.25, -0.2) is 4.39 Å². The van der Waals surface area contributed by atoms with Crippen LogP contribution >= 0.6 is 11.6 Å². The molecule has 0 radical (unpaired) electrons. The minimum Gasteiger partial charge on any atom is -0.348 e.